The van der Waals surface area contributed by atoms with Crippen molar-refractivity contribution in [3.63, 3.8) is 0 Å². The fourth-order valence-corrected chi connectivity index (χ4v) is 3.27. The van der Waals surface area contributed by atoms with Gasteiger partial charge in [0.25, 0.3) is 0 Å². The average molecular weight is 323 g/mol. The molecule has 0 saturated heterocycles. The van der Waals surface area contributed by atoms with E-state index in [0.717, 1.165) is 6.42 Å². The highest BCUT2D eigenvalue weighted by Gasteiger charge is 2.65. The number of nitrogens with one attached hydrogen (secondary N) is 2. The third-order valence-electron chi connectivity index (χ3n) is 3.22. The van der Waals surface area contributed by atoms with Crippen LogP contribution < -0.4 is 10.0 Å². The van der Waals surface area contributed by atoms with Gasteiger partial charge in [-0.1, -0.05) is 6.92 Å². The number of pyridine rings is 1. The summed E-state index contributed by atoms with van der Waals surface area (Å²) in [6.45, 7) is 2.52. The Morgan fingerprint density at radius 3 is 2.57 bits per heavy atom. The Hall–Kier alpha value is -1.35. The smallest absolute Gasteiger partial charge is 0.370 e. The quantitative estimate of drug-likeness (QED) is 0.842. The van der Waals surface area contributed by atoms with Crippen LogP contribution in [0.5, 0.6) is 0 Å². The molecule has 0 aliphatic heterocycles. The lowest BCUT2D eigenvalue weighted by atomic mass is 10.3. The van der Waals surface area contributed by atoms with Crippen LogP contribution in [0, 0.1) is 0 Å². The zero-order chi connectivity index (χ0) is 15.7. The molecule has 2 rings (SSSR count). The maximum atomic E-state index is 12.8. The van der Waals surface area contributed by atoms with Crippen molar-refractivity contribution < 1.29 is 21.6 Å². The molecular formula is C12H16F3N3O2S. The molecule has 118 valence electrons. The lowest BCUT2D eigenvalue weighted by molar-refractivity contribution is -0.160. The van der Waals surface area contributed by atoms with Gasteiger partial charge in [0.05, 0.1) is 4.90 Å². The van der Waals surface area contributed by atoms with Crippen LogP contribution >= 0.6 is 0 Å². The van der Waals surface area contributed by atoms with Gasteiger partial charge >= 0.3 is 6.18 Å². The van der Waals surface area contributed by atoms with Crippen LogP contribution in [-0.2, 0) is 10.0 Å². The van der Waals surface area contributed by atoms with Gasteiger partial charge in [0, 0.05) is 18.8 Å². The zero-order valence-corrected chi connectivity index (χ0v) is 12.2. The van der Waals surface area contributed by atoms with E-state index in [1.807, 2.05) is 6.92 Å². The molecule has 5 nitrogen and oxygen atoms in total. The summed E-state index contributed by atoms with van der Waals surface area (Å²) in [6, 6.07) is 2.40. The van der Waals surface area contributed by atoms with Gasteiger partial charge in [0.15, 0.2) is 0 Å². The molecular weight excluding hydrogens is 307 g/mol. The van der Waals surface area contributed by atoms with E-state index in [1.54, 1.807) is 4.72 Å². The maximum absolute atomic E-state index is 12.8. The Labute approximate surface area is 121 Å². The Balaban J connectivity index is 2.20. The van der Waals surface area contributed by atoms with Crippen molar-refractivity contribution in [2.24, 2.45) is 0 Å². The van der Waals surface area contributed by atoms with Gasteiger partial charge in [-0.25, -0.2) is 13.4 Å². The van der Waals surface area contributed by atoms with Crippen LogP contribution in [0.25, 0.3) is 0 Å². The topological polar surface area (TPSA) is 71.1 Å². The van der Waals surface area contributed by atoms with Crippen molar-refractivity contribution in [2.45, 2.75) is 42.8 Å². The number of aromatic nitrogens is 1. The number of anilines is 1. The van der Waals surface area contributed by atoms with E-state index < -0.39 is 21.7 Å². The first kappa shape index (κ1) is 16.0. The second-order valence-electron chi connectivity index (χ2n) is 4.99. The van der Waals surface area contributed by atoms with Gasteiger partial charge in [-0.05, 0) is 25.3 Å². The minimum Gasteiger partial charge on any atom is -0.370 e. The molecule has 9 heteroatoms. The monoisotopic (exact) mass is 323 g/mol. The van der Waals surface area contributed by atoms with Gasteiger partial charge in [-0.15, -0.1) is 0 Å². The number of rotatable bonds is 6. The fourth-order valence-electron chi connectivity index (χ4n) is 1.81. The normalized spacial score (nSPS) is 17.5. The molecule has 0 bridgehead atoms. The zero-order valence-electron chi connectivity index (χ0n) is 11.4. The van der Waals surface area contributed by atoms with Crippen molar-refractivity contribution in [3.8, 4) is 0 Å². The SMILES string of the molecule is CCCNc1cc(S(=O)(=O)NC2(C(F)(F)F)CC2)ccn1. The first-order chi connectivity index (χ1) is 9.70. The van der Waals surface area contributed by atoms with E-state index in [-0.39, 0.29) is 17.7 Å². The van der Waals surface area contributed by atoms with Crippen LogP contribution in [0.15, 0.2) is 23.2 Å². The van der Waals surface area contributed by atoms with E-state index in [2.05, 4.69) is 10.3 Å². The van der Waals surface area contributed by atoms with Crippen molar-refractivity contribution in [1.29, 1.82) is 0 Å². The van der Waals surface area contributed by atoms with E-state index in [0.29, 0.717) is 12.4 Å². The Bertz CT molecular complexity index is 612. The molecule has 0 radical (unpaired) electrons. The predicted molar refractivity (Wildman–Crippen MR) is 71.4 cm³/mol. The number of nitrogens with zero attached hydrogens (tertiary/aromatic N) is 1. The molecule has 21 heavy (non-hydrogen) atoms. The molecule has 1 aliphatic carbocycles. The van der Waals surface area contributed by atoms with E-state index in [1.165, 1.54) is 18.3 Å². The molecule has 1 aromatic rings. The average Bonchev–Trinajstić information content (AvgIpc) is 3.16. The first-order valence-corrected chi connectivity index (χ1v) is 7.99. The molecule has 0 aromatic carbocycles. The maximum Gasteiger partial charge on any atom is 0.407 e. The van der Waals surface area contributed by atoms with Gasteiger partial charge in [0.2, 0.25) is 10.0 Å². The van der Waals surface area contributed by atoms with Crippen LogP contribution in [0.1, 0.15) is 26.2 Å². The summed E-state index contributed by atoms with van der Waals surface area (Å²) in [7, 11) is -4.24. The molecule has 0 spiro atoms. The Morgan fingerprint density at radius 1 is 1.38 bits per heavy atom. The second kappa shape index (κ2) is 5.45. The summed E-state index contributed by atoms with van der Waals surface area (Å²) in [5.74, 6) is 0.316. The molecule has 1 saturated carbocycles. The van der Waals surface area contributed by atoms with Crippen molar-refractivity contribution in [2.75, 3.05) is 11.9 Å². The summed E-state index contributed by atoms with van der Waals surface area (Å²) < 4.78 is 64.5. The molecule has 0 amide bonds. The van der Waals surface area contributed by atoms with E-state index >= 15 is 0 Å². The minimum absolute atomic E-state index is 0.230. The molecule has 0 atom stereocenters. The predicted octanol–water partition coefficient (Wildman–Crippen LogP) is 2.28. The van der Waals surface area contributed by atoms with E-state index in [9.17, 15) is 21.6 Å². The molecule has 0 unspecified atom stereocenters. The van der Waals surface area contributed by atoms with Gasteiger partial charge < -0.3 is 5.32 Å². The van der Waals surface area contributed by atoms with Crippen molar-refractivity contribution >= 4 is 15.8 Å². The summed E-state index contributed by atoms with van der Waals surface area (Å²) in [5, 5.41) is 2.89. The van der Waals surface area contributed by atoms with Crippen LogP contribution in [0.3, 0.4) is 0 Å². The molecule has 1 heterocycles. The molecule has 1 aromatic heterocycles. The highest BCUT2D eigenvalue weighted by Crippen LogP contribution is 2.49. The van der Waals surface area contributed by atoms with Crippen LogP contribution in [0.4, 0.5) is 19.0 Å². The highest BCUT2D eigenvalue weighted by molar-refractivity contribution is 7.89. The van der Waals surface area contributed by atoms with Crippen molar-refractivity contribution in [1.82, 2.24) is 9.71 Å². The highest BCUT2D eigenvalue weighted by atomic mass is 32.2. The fraction of sp³-hybridized carbons (Fsp3) is 0.583. The Morgan fingerprint density at radius 2 is 2.05 bits per heavy atom. The second-order valence-corrected chi connectivity index (χ2v) is 6.67. The van der Waals surface area contributed by atoms with Gasteiger partial charge in [-0.2, -0.15) is 17.9 Å². The first-order valence-electron chi connectivity index (χ1n) is 6.51. The summed E-state index contributed by atoms with van der Waals surface area (Å²) in [6.07, 6.45) is -2.99. The van der Waals surface area contributed by atoms with Crippen molar-refractivity contribution in [3.05, 3.63) is 18.3 Å². The van der Waals surface area contributed by atoms with Gasteiger partial charge in [0.1, 0.15) is 11.4 Å². The Kier molecular flexibility index (Phi) is 4.16. The number of sulfonamides is 1. The lowest BCUT2D eigenvalue weighted by Gasteiger charge is -2.20. The number of hydrogen-bond donors (Lipinski definition) is 2. The number of halogens is 3. The summed E-state index contributed by atoms with van der Waals surface area (Å²) >= 11 is 0. The minimum atomic E-state index is -4.59. The van der Waals surface area contributed by atoms with Gasteiger partial charge in [-0.3, -0.25) is 0 Å². The summed E-state index contributed by atoms with van der Waals surface area (Å²) in [5.41, 5.74) is -2.31. The summed E-state index contributed by atoms with van der Waals surface area (Å²) in [4.78, 5) is 3.70. The lowest BCUT2D eigenvalue weighted by Crippen LogP contribution is -2.47. The van der Waals surface area contributed by atoms with Crippen LogP contribution in [-0.4, -0.2) is 31.7 Å². The standard InChI is InChI=1S/C12H16F3N3O2S/c1-2-6-16-10-8-9(3-7-17-10)21(19,20)18-11(4-5-11)12(13,14)15/h3,7-8,18H,2,4-6H2,1H3,(H,16,17). The van der Waals surface area contributed by atoms with E-state index in [4.69, 9.17) is 0 Å². The largest absolute Gasteiger partial charge is 0.407 e. The third-order valence-corrected chi connectivity index (χ3v) is 4.75. The molecule has 1 aliphatic rings. The number of hydrogen-bond acceptors (Lipinski definition) is 4. The van der Waals surface area contributed by atoms with Crippen LogP contribution in [0.2, 0.25) is 0 Å². The third kappa shape index (κ3) is 3.46. The number of alkyl halides is 3. The molecule has 2 N–H and O–H groups in total. The molecule has 1 fully saturated rings.